The number of carbonyl (C=O) groups is 1. The first kappa shape index (κ1) is 26.1. The molecule has 11 heteroatoms. The molecule has 2 aromatic carbocycles. The number of nitrogens with zero attached hydrogens (tertiary/aromatic N) is 2. The van der Waals surface area contributed by atoms with E-state index < -0.39 is 42.5 Å². The van der Waals surface area contributed by atoms with Crippen LogP contribution in [0.15, 0.2) is 47.1 Å². The third kappa shape index (κ3) is 5.69. The van der Waals surface area contributed by atoms with Crippen LogP contribution in [0.1, 0.15) is 52.8 Å². The van der Waals surface area contributed by atoms with Gasteiger partial charge in [0.2, 0.25) is 0 Å². The van der Waals surface area contributed by atoms with Gasteiger partial charge in [-0.1, -0.05) is 22.0 Å². The van der Waals surface area contributed by atoms with Crippen molar-refractivity contribution in [2.24, 2.45) is 0 Å². The smallest absolute Gasteiger partial charge is 0.254 e. The van der Waals surface area contributed by atoms with Crippen LogP contribution in [-0.4, -0.2) is 45.0 Å². The Kier molecular flexibility index (Phi) is 7.91. The summed E-state index contributed by atoms with van der Waals surface area (Å²) in [5, 5.41) is 21.8. The van der Waals surface area contributed by atoms with Crippen LogP contribution in [0.2, 0.25) is 0 Å². The first-order valence-electron chi connectivity index (χ1n) is 11.3. The molecule has 0 saturated heterocycles. The molecule has 5 N–H and O–H groups in total. The number of alkyl halides is 1. The van der Waals surface area contributed by atoms with Gasteiger partial charge in [0, 0.05) is 16.0 Å². The highest BCUT2D eigenvalue weighted by molar-refractivity contribution is 9.10. The van der Waals surface area contributed by atoms with Gasteiger partial charge in [-0.2, -0.15) is 0 Å². The summed E-state index contributed by atoms with van der Waals surface area (Å²) in [4.78, 5) is 21.3. The maximum absolute atomic E-state index is 15.0. The van der Waals surface area contributed by atoms with E-state index in [1.54, 1.807) is 0 Å². The van der Waals surface area contributed by atoms with Gasteiger partial charge in [0.05, 0.1) is 36.2 Å². The zero-order chi connectivity index (χ0) is 26.0. The third-order valence-corrected chi connectivity index (χ3v) is 6.70. The highest BCUT2D eigenvalue weighted by atomic mass is 79.9. The van der Waals surface area contributed by atoms with Crippen molar-refractivity contribution in [1.82, 2.24) is 15.3 Å². The number of aliphatic hydroxyl groups is 2. The number of nitrogen functional groups attached to an aromatic ring is 1. The van der Waals surface area contributed by atoms with Gasteiger partial charge in [0.1, 0.15) is 29.3 Å². The molecule has 7 nitrogen and oxygen atoms in total. The molecule has 1 aliphatic carbocycles. The van der Waals surface area contributed by atoms with E-state index in [-0.39, 0.29) is 35.0 Å². The lowest BCUT2D eigenvalue weighted by atomic mass is 9.84. The van der Waals surface area contributed by atoms with Crippen LogP contribution in [0.25, 0.3) is 11.3 Å². The number of hydrogen-bond donors (Lipinski definition) is 4. The summed E-state index contributed by atoms with van der Waals surface area (Å²) in [7, 11) is 0. The molecule has 0 bridgehead atoms. The molecule has 4 rings (SSSR count). The van der Waals surface area contributed by atoms with Crippen LogP contribution in [-0.2, 0) is 0 Å². The summed E-state index contributed by atoms with van der Waals surface area (Å²) in [5.74, 6) is -2.45. The van der Waals surface area contributed by atoms with E-state index in [9.17, 15) is 28.2 Å². The molecule has 0 unspecified atom stereocenters. The highest BCUT2D eigenvalue weighted by Gasteiger charge is 2.31. The van der Waals surface area contributed by atoms with Gasteiger partial charge in [0.25, 0.3) is 5.91 Å². The number of benzene rings is 2. The molecular formula is C25H24BrF3N4O3. The molecule has 1 saturated carbocycles. The second kappa shape index (κ2) is 10.9. The summed E-state index contributed by atoms with van der Waals surface area (Å²) in [6.45, 7) is -0.530. The van der Waals surface area contributed by atoms with Gasteiger partial charge in [-0.05, 0) is 55.2 Å². The van der Waals surface area contributed by atoms with E-state index in [0.29, 0.717) is 28.6 Å². The maximum Gasteiger partial charge on any atom is 0.254 e. The lowest BCUT2D eigenvalue weighted by Crippen LogP contribution is -2.31. The van der Waals surface area contributed by atoms with Crippen molar-refractivity contribution >= 4 is 27.7 Å². The maximum atomic E-state index is 15.0. The molecule has 190 valence electrons. The third-order valence-electron chi connectivity index (χ3n) is 6.24. The Hall–Kier alpha value is -3.02. The SMILES string of the molecule is Nc1ncc([C@@H]2CC[C@@H](O)[C@H](F)C2)nc1-c1ccc(C(=O)N[C@H](CO)c2cc(F)cc(Br)c2)c(F)c1. The van der Waals surface area contributed by atoms with Crippen molar-refractivity contribution in [3.05, 3.63) is 75.5 Å². The zero-order valence-electron chi connectivity index (χ0n) is 19.0. The van der Waals surface area contributed by atoms with E-state index in [0.717, 1.165) is 12.1 Å². The minimum atomic E-state index is -1.36. The number of halogens is 4. The average Bonchev–Trinajstić information content (AvgIpc) is 2.83. The van der Waals surface area contributed by atoms with E-state index in [1.165, 1.54) is 30.5 Å². The van der Waals surface area contributed by atoms with Crippen LogP contribution < -0.4 is 11.1 Å². The summed E-state index contributed by atoms with van der Waals surface area (Å²) in [5.41, 5.74) is 6.94. The van der Waals surface area contributed by atoms with Crippen molar-refractivity contribution in [3.8, 4) is 11.3 Å². The molecule has 1 aliphatic rings. The Balaban J connectivity index is 1.56. The predicted molar refractivity (Wildman–Crippen MR) is 131 cm³/mol. The van der Waals surface area contributed by atoms with Crippen molar-refractivity contribution in [1.29, 1.82) is 0 Å². The van der Waals surface area contributed by atoms with E-state index in [1.807, 2.05) is 0 Å². The molecule has 1 heterocycles. The second-order valence-electron chi connectivity index (χ2n) is 8.73. The molecule has 36 heavy (non-hydrogen) atoms. The molecule has 1 amide bonds. The molecule has 1 fully saturated rings. The molecule has 3 aromatic rings. The fourth-order valence-electron chi connectivity index (χ4n) is 4.28. The molecular weight excluding hydrogens is 541 g/mol. The van der Waals surface area contributed by atoms with Crippen molar-refractivity contribution < 1.29 is 28.2 Å². The summed E-state index contributed by atoms with van der Waals surface area (Å²) in [6, 6.07) is 6.77. The Morgan fingerprint density at radius 3 is 2.67 bits per heavy atom. The normalized spacial score (nSPS) is 20.7. The van der Waals surface area contributed by atoms with Crippen molar-refractivity contribution in [2.45, 2.75) is 43.5 Å². The zero-order valence-corrected chi connectivity index (χ0v) is 20.6. The number of carbonyl (C=O) groups excluding carboxylic acids is 1. The average molecular weight is 565 g/mol. The first-order valence-corrected chi connectivity index (χ1v) is 12.1. The van der Waals surface area contributed by atoms with E-state index in [4.69, 9.17) is 5.73 Å². The largest absolute Gasteiger partial charge is 0.394 e. The number of aromatic nitrogens is 2. The Morgan fingerprint density at radius 2 is 2.00 bits per heavy atom. The Bertz CT molecular complexity index is 1260. The fourth-order valence-corrected chi connectivity index (χ4v) is 4.77. The summed E-state index contributed by atoms with van der Waals surface area (Å²) in [6.07, 6.45) is 0.0155. The van der Waals surface area contributed by atoms with Crippen LogP contribution in [0, 0.1) is 11.6 Å². The van der Waals surface area contributed by atoms with Crippen LogP contribution in [0.4, 0.5) is 19.0 Å². The summed E-state index contributed by atoms with van der Waals surface area (Å²) >= 11 is 3.16. The molecule has 0 aliphatic heterocycles. The van der Waals surface area contributed by atoms with E-state index in [2.05, 4.69) is 31.2 Å². The molecule has 0 spiro atoms. The minimum absolute atomic E-state index is 0.0417. The Morgan fingerprint density at radius 1 is 1.22 bits per heavy atom. The lowest BCUT2D eigenvalue weighted by Gasteiger charge is -2.28. The number of nitrogens with one attached hydrogen (secondary N) is 1. The lowest BCUT2D eigenvalue weighted by molar-refractivity contribution is 0.0363. The monoisotopic (exact) mass is 564 g/mol. The molecule has 1 aromatic heterocycles. The van der Waals surface area contributed by atoms with Gasteiger partial charge in [-0.3, -0.25) is 4.79 Å². The molecule has 0 radical (unpaired) electrons. The second-order valence-corrected chi connectivity index (χ2v) is 9.64. The van der Waals surface area contributed by atoms with Gasteiger partial charge >= 0.3 is 0 Å². The number of anilines is 1. The number of aliphatic hydroxyl groups excluding tert-OH is 2. The number of nitrogens with two attached hydrogens (primary N) is 1. The van der Waals surface area contributed by atoms with Gasteiger partial charge in [-0.15, -0.1) is 0 Å². The van der Waals surface area contributed by atoms with E-state index >= 15 is 0 Å². The highest BCUT2D eigenvalue weighted by Crippen LogP contribution is 2.35. The first-order chi connectivity index (χ1) is 17.2. The van der Waals surface area contributed by atoms with Gasteiger partial charge in [-0.25, -0.2) is 23.1 Å². The summed E-state index contributed by atoms with van der Waals surface area (Å²) < 4.78 is 43.2. The van der Waals surface area contributed by atoms with Crippen molar-refractivity contribution in [3.63, 3.8) is 0 Å². The van der Waals surface area contributed by atoms with Crippen LogP contribution in [0.5, 0.6) is 0 Å². The Labute approximate surface area is 213 Å². The number of rotatable bonds is 6. The minimum Gasteiger partial charge on any atom is -0.394 e. The topological polar surface area (TPSA) is 121 Å². The van der Waals surface area contributed by atoms with Crippen LogP contribution >= 0.6 is 15.9 Å². The predicted octanol–water partition coefficient (Wildman–Crippen LogP) is 4.20. The quantitative estimate of drug-likeness (QED) is 0.356. The molecule has 4 atom stereocenters. The van der Waals surface area contributed by atoms with Gasteiger partial charge in [0.15, 0.2) is 0 Å². The standard InChI is InChI=1S/C25H24BrF3N4O3/c26-15-5-14(6-16(27)9-15)21(11-34)33-25(36)17-3-1-13(8-18(17)28)23-24(30)31-10-20(32-23)12-2-4-22(35)19(29)7-12/h1,3,5-6,8-10,12,19,21-22,34-35H,2,4,7,11H2,(H2,30,31)(H,33,36)/t12-,19-,21-,22-/m1/s1. The number of hydrogen-bond acceptors (Lipinski definition) is 6. The fraction of sp³-hybridized carbons (Fsp3) is 0.320. The number of amides is 1. The van der Waals surface area contributed by atoms with Gasteiger partial charge < -0.3 is 21.3 Å². The van der Waals surface area contributed by atoms with Crippen LogP contribution in [0.3, 0.4) is 0 Å². The van der Waals surface area contributed by atoms with Crippen molar-refractivity contribution in [2.75, 3.05) is 12.3 Å².